The number of aliphatic hydroxyl groups excluding tert-OH is 1. The number of nitrogens with zero attached hydrogens (tertiary/aromatic N) is 1. The Balaban J connectivity index is 2.85. The second-order valence-corrected chi connectivity index (χ2v) is 6.45. The number of hydrogen-bond donors (Lipinski definition) is 1. The quantitative estimate of drug-likeness (QED) is 0.486. The summed E-state index contributed by atoms with van der Waals surface area (Å²) in [6.45, 7) is 5.86. The molecule has 1 rings (SSSR count). The summed E-state index contributed by atoms with van der Waals surface area (Å²) in [5.74, 6) is 1.41. The van der Waals surface area contributed by atoms with E-state index in [2.05, 4.69) is 13.8 Å². The van der Waals surface area contributed by atoms with Crippen LogP contribution in [0, 0.1) is 16.0 Å². The molecule has 1 aromatic rings. The van der Waals surface area contributed by atoms with Crippen LogP contribution < -0.4 is 0 Å². The lowest BCUT2D eigenvalue weighted by atomic mass is 10.2. The number of thioether (sulfide) groups is 1. The van der Waals surface area contributed by atoms with Crippen molar-refractivity contribution in [3.63, 3.8) is 0 Å². The Morgan fingerprint density at radius 2 is 2.24 bits per heavy atom. The summed E-state index contributed by atoms with van der Waals surface area (Å²) in [6.07, 6.45) is 0.423. The summed E-state index contributed by atoms with van der Waals surface area (Å²) in [5, 5.41) is 20.3. The maximum atomic E-state index is 10.9. The van der Waals surface area contributed by atoms with E-state index in [-0.39, 0.29) is 10.6 Å². The molecule has 0 aromatic carbocycles. The summed E-state index contributed by atoms with van der Waals surface area (Å²) in [5.41, 5.74) is 0.124. The first-order valence-corrected chi connectivity index (χ1v) is 7.34. The van der Waals surface area contributed by atoms with Crippen molar-refractivity contribution in [2.45, 2.75) is 37.5 Å². The van der Waals surface area contributed by atoms with Crippen LogP contribution >= 0.6 is 23.1 Å². The highest BCUT2D eigenvalue weighted by Crippen LogP contribution is 2.40. The van der Waals surface area contributed by atoms with Crippen LogP contribution in [0.2, 0.25) is 0 Å². The van der Waals surface area contributed by atoms with E-state index in [9.17, 15) is 15.2 Å². The molecule has 0 spiro atoms. The highest BCUT2D eigenvalue weighted by Gasteiger charge is 2.21. The van der Waals surface area contributed by atoms with Gasteiger partial charge < -0.3 is 5.11 Å². The van der Waals surface area contributed by atoms with Crippen LogP contribution in [0.25, 0.3) is 0 Å². The van der Waals surface area contributed by atoms with Gasteiger partial charge in [0.05, 0.1) is 11.0 Å². The van der Waals surface area contributed by atoms with Crippen molar-refractivity contribution in [2.24, 2.45) is 5.92 Å². The number of hydrogen-bond acceptors (Lipinski definition) is 5. The molecule has 0 bridgehead atoms. The second-order valence-electron chi connectivity index (χ2n) is 4.08. The van der Waals surface area contributed by atoms with Crippen molar-refractivity contribution >= 4 is 28.8 Å². The molecular weight excluding hydrogens is 258 g/mol. The number of nitro groups is 1. The summed E-state index contributed by atoms with van der Waals surface area (Å²) < 4.78 is 0.700. The highest BCUT2D eigenvalue weighted by atomic mass is 32.2. The average Bonchev–Trinajstić information content (AvgIpc) is 2.70. The van der Waals surface area contributed by atoms with Crippen molar-refractivity contribution < 1.29 is 10.0 Å². The van der Waals surface area contributed by atoms with Crippen LogP contribution in [-0.2, 0) is 0 Å². The fraction of sp³-hybridized carbons (Fsp3) is 0.636. The van der Waals surface area contributed by atoms with E-state index >= 15 is 0 Å². The van der Waals surface area contributed by atoms with Gasteiger partial charge in [-0.2, -0.15) is 0 Å². The lowest BCUT2D eigenvalue weighted by molar-refractivity contribution is -0.387. The van der Waals surface area contributed by atoms with Crippen LogP contribution in [0.1, 0.15) is 38.2 Å². The average molecular weight is 275 g/mol. The van der Waals surface area contributed by atoms with E-state index in [1.54, 1.807) is 6.92 Å². The maximum Gasteiger partial charge on any atom is 0.294 e. The molecule has 0 aliphatic carbocycles. The van der Waals surface area contributed by atoms with E-state index < -0.39 is 6.10 Å². The first-order chi connectivity index (χ1) is 7.95. The normalized spacial score (nSPS) is 14.6. The Morgan fingerprint density at radius 3 is 2.71 bits per heavy atom. The Kier molecular flexibility index (Phi) is 5.42. The van der Waals surface area contributed by atoms with Crippen molar-refractivity contribution in [3.05, 3.63) is 21.1 Å². The Labute approximate surface area is 109 Å². The van der Waals surface area contributed by atoms with Crippen LogP contribution in [0.15, 0.2) is 10.3 Å². The molecule has 4 nitrogen and oxygen atoms in total. The Hall–Kier alpha value is -0.590. The lowest BCUT2D eigenvalue weighted by Crippen LogP contribution is -1.95. The molecular formula is C11H17NO3S2. The molecule has 0 saturated carbocycles. The summed E-state index contributed by atoms with van der Waals surface area (Å²) in [7, 11) is 0. The largest absolute Gasteiger partial charge is 0.388 e. The van der Waals surface area contributed by atoms with Gasteiger partial charge in [-0.25, -0.2) is 0 Å². The summed E-state index contributed by atoms with van der Waals surface area (Å²) >= 11 is 2.83. The number of aliphatic hydroxyl groups is 1. The molecule has 0 amide bonds. The fourth-order valence-corrected chi connectivity index (χ4v) is 3.63. The zero-order valence-electron chi connectivity index (χ0n) is 10.2. The molecule has 0 saturated heterocycles. The fourth-order valence-electron chi connectivity index (χ4n) is 1.15. The second kappa shape index (κ2) is 6.37. The van der Waals surface area contributed by atoms with Gasteiger partial charge in [-0.1, -0.05) is 20.3 Å². The molecule has 0 aliphatic heterocycles. The zero-order valence-corrected chi connectivity index (χ0v) is 11.8. The van der Waals surface area contributed by atoms with Crippen LogP contribution in [0.5, 0.6) is 0 Å². The van der Waals surface area contributed by atoms with Gasteiger partial charge in [0.15, 0.2) is 0 Å². The zero-order chi connectivity index (χ0) is 13.0. The minimum absolute atomic E-state index is 0.124. The van der Waals surface area contributed by atoms with E-state index in [0.29, 0.717) is 15.0 Å². The van der Waals surface area contributed by atoms with Gasteiger partial charge in [0.2, 0.25) is 0 Å². The number of rotatable bonds is 6. The van der Waals surface area contributed by atoms with Gasteiger partial charge in [0, 0.05) is 16.7 Å². The molecule has 2 atom stereocenters. The third kappa shape index (κ3) is 3.97. The van der Waals surface area contributed by atoms with E-state index in [0.717, 1.165) is 12.2 Å². The molecule has 1 aromatic heterocycles. The predicted octanol–water partition coefficient (Wildman–Crippen LogP) is 3.85. The lowest BCUT2D eigenvalue weighted by Gasteiger charge is -2.05. The number of thiophene rings is 1. The van der Waals surface area contributed by atoms with Crippen LogP contribution in [0.4, 0.5) is 5.69 Å². The first-order valence-electron chi connectivity index (χ1n) is 5.54. The minimum atomic E-state index is -0.642. The standard InChI is InChI=1S/C11H17NO3S2/c1-4-7(2)6-16-11-9(12(14)15)5-10(17-11)8(3)13/h5,7-8,13H,4,6H2,1-3H3/t7?,8-/m1/s1. The molecule has 1 unspecified atom stereocenters. The van der Waals surface area contributed by atoms with Gasteiger partial charge in [-0.3, -0.25) is 10.1 Å². The summed E-state index contributed by atoms with van der Waals surface area (Å²) in [6, 6.07) is 1.48. The summed E-state index contributed by atoms with van der Waals surface area (Å²) in [4.78, 5) is 11.2. The van der Waals surface area contributed by atoms with Gasteiger partial charge in [0.25, 0.3) is 5.69 Å². The van der Waals surface area contributed by atoms with E-state index in [1.165, 1.54) is 29.2 Å². The van der Waals surface area contributed by atoms with E-state index in [1.807, 2.05) is 0 Å². The molecule has 0 radical (unpaired) electrons. The van der Waals surface area contributed by atoms with E-state index in [4.69, 9.17) is 0 Å². The van der Waals surface area contributed by atoms with Crippen molar-refractivity contribution in [1.82, 2.24) is 0 Å². The topological polar surface area (TPSA) is 63.4 Å². The maximum absolute atomic E-state index is 10.9. The molecule has 1 heterocycles. The first kappa shape index (κ1) is 14.5. The highest BCUT2D eigenvalue weighted by molar-refractivity contribution is 8.01. The van der Waals surface area contributed by atoms with Gasteiger partial charge in [0.1, 0.15) is 4.21 Å². The third-order valence-corrected chi connectivity index (χ3v) is 5.40. The SMILES string of the molecule is CCC(C)CSc1sc([C@@H](C)O)cc1[N+](=O)[O-]. The smallest absolute Gasteiger partial charge is 0.294 e. The van der Waals surface area contributed by atoms with Gasteiger partial charge in [-0.15, -0.1) is 23.1 Å². The van der Waals surface area contributed by atoms with Crippen LogP contribution in [0.3, 0.4) is 0 Å². The van der Waals surface area contributed by atoms with Gasteiger partial charge in [-0.05, 0) is 12.8 Å². The Morgan fingerprint density at radius 1 is 1.59 bits per heavy atom. The molecule has 0 aliphatic rings. The Bertz CT molecular complexity index is 390. The minimum Gasteiger partial charge on any atom is -0.388 e. The molecule has 6 heteroatoms. The van der Waals surface area contributed by atoms with Crippen LogP contribution in [-0.4, -0.2) is 15.8 Å². The monoisotopic (exact) mass is 275 g/mol. The third-order valence-electron chi connectivity index (χ3n) is 2.50. The van der Waals surface area contributed by atoms with Crippen molar-refractivity contribution in [3.8, 4) is 0 Å². The molecule has 17 heavy (non-hydrogen) atoms. The molecule has 0 fully saturated rings. The molecule has 96 valence electrons. The van der Waals surface area contributed by atoms with Crippen molar-refractivity contribution in [1.29, 1.82) is 0 Å². The molecule has 1 N–H and O–H groups in total. The predicted molar refractivity (Wildman–Crippen MR) is 71.8 cm³/mol. The van der Waals surface area contributed by atoms with Crippen molar-refractivity contribution in [2.75, 3.05) is 5.75 Å². The van der Waals surface area contributed by atoms with Gasteiger partial charge >= 0.3 is 0 Å².